The van der Waals surface area contributed by atoms with E-state index in [1.807, 2.05) is 0 Å². The van der Waals surface area contributed by atoms with Gasteiger partial charge in [-0.25, -0.2) is 0 Å². The second kappa shape index (κ2) is 4.81. The first-order valence-electron chi connectivity index (χ1n) is 6.27. The molecular weight excluding hydrogens is 188 g/mol. The van der Waals surface area contributed by atoms with E-state index in [0.29, 0.717) is 12.6 Å². The van der Waals surface area contributed by atoms with Gasteiger partial charge in [0.2, 0.25) is 0 Å². The Bertz CT molecular complexity index is 190. The first kappa shape index (κ1) is 11.4. The second-order valence-corrected chi connectivity index (χ2v) is 5.47. The molecule has 15 heavy (non-hydrogen) atoms. The molecule has 1 heterocycles. The van der Waals surface area contributed by atoms with E-state index >= 15 is 0 Å². The summed E-state index contributed by atoms with van der Waals surface area (Å²) in [5.74, 6) is 0. The van der Waals surface area contributed by atoms with Crippen LogP contribution in [-0.2, 0) is 0 Å². The average molecular weight is 212 g/mol. The lowest BCUT2D eigenvalue weighted by Gasteiger charge is -2.42. The summed E-state index contributed by atoms with van der Waals surface area (Å²) in [7, 11) is 2.19. The van der Waals surface area contributed by atoms with Crippen LogP contribution in [-0.4, -0.2) is 49.3 Å². The van der Waals surface area contributed by atoms with E-state index in [0.717, 1.165) is 6.54 Å². The van der Waals surface area contributed by atoms with Crippen LogP contribution in [0.5, 0.6) is 0 Å². The van der Waals surface area contributed by atoms with Gasteiger partial charge in [-0.15, -0.1) is 0 Å². The average Bonchev–Trinajstić information content (AvgIpc) is 2.20. The van der Waals surface area contributed by atoms with E-state index in [4.69, 9.17) is 0 Å². The van der Waals surface area contributed by atoms with Gasteiger partial charge in [0, 0.05) is 24.6 Å². The van der Waals surface area contributed by atoms with Gasteiger partial charge >= 0.3 is 0 Å². The minimum atomic E-state index is 0.239. The van der Waals surface area contributed by atoms with Crippen LogP contribution >= 0.6 is 0 Å². The van der Waals surface area contributed by atoms with Crippen LogP contribution < -0.4 is 5.32 Å². The van der Waals surface area contributed by atoms with Crippen LogP contribution in [0, 0.1) is 5.41 Å². The van der Waals surface area contributed by atoms with E-state index < -0.39 is 0 Å². The highest BCUT2D eigenvalue weighted by Crippen LogP contribution is 2.39. The van der Waals surface area contributed by atoms with Crippen molar-refractivity contribution in [2.45, 2.75) is 38.1 Å². The Kier molecular flexibility index (Phi) is 3.65. The molecule has 0 unspecified atom stereocenters. The first-order chi connectivity index (χ1) is 7.24. The Hall–Kier alpha value is -0.120. The van der Waals surface area contributed by atoms with Gasteiger partial charge in [-0.3, -0.25) is 0 Å². The predicted molar refractivity (Wildman–Crippen MR) is 61.9 cm³/mol. The van der Waals surface area contributed by atoms with Crippen molar-refractivity contribution in [2.24, 2.45) is 5.41 Å². The van der Waals surface area contributed by atoms with Gasteiger partial charge in [0.25, 0.3) is 0 Å². The molecule has 1 aliphatic carbocycles. The predicted octanol–water partition coefficient (Wildman–Crippen LogP) is 0.833. The summed E-state index contributed by atoms with van der Waals surface area (Å²) in [4.78, 5) is 2.39. The lowest BCUT2D eigenvalue weighted by atomic mass is 9.69. The third-order valence-corrected chi connectivity index (χ3v) is 4.23. The van der Waals surface area contributed by atoms with Crippen molar-refractivity contribution in [3.8, 4) is 0 Å². The molecule has 1 aliphatic heterocycles. The smallest absolute Gasteiger partial charge is 0.0499 e. The van der Waals surface area contributed by atoms with Crippen molar-refractivity contribution in [1.82, 2.24) is 10.2 Å². The number of aliphatic hydroxyl groups excluding tert-OH is 1. The highest BCUT2D eigenvalue weighted by molar-refractivity contribution is 4.90. The molecule has 1 saturated carbocycles. The standard InChI is InChI=1S/C12H24N2O/c1-14-7-3-11(4-8-14)13-9-12(10-15)5-2-6-12/h11,13,15H,2-10H2,1H3. The monoisotopic (exact) mass is 212 g/mol. The van der Waals surface area contributed by atoms with E-state index in [-0.39, 0.29) is 5.41 Å². The molecule has 0 spiro atoms. The summed E-state index contributed by atoms with van der Waals surface area (Å²) >= 11 is 0. The van der Waals surface area contributed by atoms with Crippen molar-refractivity contribution in [1.29, 1.82) is 0 Å². The summed E-state index contributed by atoms with van der Waals surface area (Å²) in [6.07, 6.45) is 6.25. The topological polar surface area (TPSA) is 35.5 Å². The zero-order valence-electron chi connectivity index (χ0n) is 9.84. The molecule has 2 aliphatic rings. The SMILES string of the molecule is CN1CCC(NCC2(CO)CCC2)CC1. The molecule has 2 fully saturated rings. The van der Waals surface area contributed by atoms with Gasteiger partial charge in [-0.1, -0.05) is 6.42 Å². The highest BCUT2D eigenvalue weighted by Gasteiger charge is 2.36. The van der Waals surface area contributed by atoms with Crippen molar-refractivity contribution in [3.05, 3.63) is 0 Å². The van der Waals surface area contributed by atoms with Crippen molar-refractivity contribution >= 4 is 0 Å². The number of rotatable bonds is 4. The molecular formula is C12H24N2O. The molecule has 0 aromatic heterocycles. The van der Waals surface area contributed by atoms with E-state index in [2.05, 4.69) is 17.3 Å². The molecule has 0 bridgehead atoms. The first-order valence-corrected chi connectivity index (χ1v) is 6.27. The number of nitrogens with one attached hydrogen (secondary N) is 1. The van der Waals surface area contributed by atoms with Crippen LogP contribution in [0.3, 0.4) is 0 Å². The molecule has 0 aromatic rings. The Labute approximate surface area is 92.8 Å². The molecule has 1 saturated heterocycles. The van der Waals surface area contributed by atoms with Gasteiger partial charge in [-0.05, 0) is 45.8 Å². The van der Waals surface area contributed by atoms with E-state index in [1.165, 1.54) is 45.2 Å². The molecule has 88 valence electrons. The largest absolute Gasteiger partial charge is 0.396 e. The fourth-order valence-electron chi connectivity index (χ4n) is 2.64. The number of hydrogen-bond acceptors (Lipinski definition) is 3. The molecule has 0 aromatic carbocycles. The Balaban J connectivity index is 1.69. The van der Waals surface area contributed by atoms with Crippen molar-refractivity contribution in [3.63, 3.8) is 0 Å². The summed E-state index contributed by atoms with van der Waals surface area (Å²) < 4.78 is 0. The zero-order valence-corrected chi connectivity index (χ0v) is 9.84. The quantitative estimate of drug-likeness (QED) is 0.724. The van der Waals surface area contributed by atoms with Gasteiger partial charge in [0.15, 0.2) is 0 Å². The lowest BCUT2D eigenvalue weighted by molar-refractivity contribution is 0.0396. The van der Waals surface area contributed by atoms with Gasteiger partial charge in [0.05, 0.1) is 0 Å². The fraction of sp³-hybridized carbons (Fsp3) is 1.00. The molecule has 0 amide bonds. The number of nitrogens with zero attached hydrogens (tertiary/aromatic N) is 1. The molecule has 2 N–H and O–H groups in total. The Morgan fingerprint density at radius 2 is 2.00 bits per heavy atom. The summed E-state index contributed by atoms with van der Waals surface area (Å²) in [5, 5.41) is 13.0. The molecule has 0 atom stereocenters. The van der Waals surface area contributed by atoms with E-state index in [9.17, 15) is 5.11 Å². The number of aliphatic hydroxyl groups is 1. The molecule has 2 rings (SSSR count). The van der Waals surface area contributed by atoms with Crippen LogP contribution in [0.2, 0.25) is 0 Å². The maximum atomic E-state index is 9.36. The Morgan fingerprint density at radius 1 is 1.33 bits per heavy atom. The number of piperidine rings is 1. The minimum absolute atomic E-state index is 0.239. The maximum Gasteiger partial charge on any atom is 0.0499 e. The minimum Gasteiger partial charge on any atom is -0.396 e. The summed E-state index contributed by atoms with van der Waals surface area (Å²) in [6.45, 7) is 3.82. The number of likely N-dealkylation sites (tertiary alicyclic amines) is 1. The fourth-order valence-corrected chi connectivity index (χ4v) is 2.64. The summed E-state index contributed by atoms with van der Waals surface area (Å²) in [6, 6.07) is 0.685. The molecule has 3 nitrogen and oxygen atoms in total. The van der Waals surface area contributed by atoms with Crippen LogP contribution in [0.15, 0.2) is 0 Å². The highest BCUT2D eigenvalue weighted by atomic mass is 16.3. The zero-order chi connectivity index (χ0) is 10.7. The summed E-state index contributed by atoms with van der Waals surface area (Å²) in [5.41, 5.74) is 0.239. The van der Waals surface area contributed by atoms with Gasteiger partial charge < -0.3 is 15.3 Å². The molecule has 0 radical (unpaired) electrons. The Morgan fingerprint density at radius 3 is 2.47 bits per heavy atom. The third-order valence-electron chi connectivity index (χ3n) is 4.23. The number of hydrogen-bond donors (Lipinski definition) is 2. The lowest BCUT2D eigenvalue weighted by Crippen LogP contribution is -2.48. The third kappa shape index (κ3) is 2.71. The normalized spacial score (nSPS) is 27.6. The van der Waals surface area contributed by atoms with Crippen molar-refractivity contribution < 1.29 is 5.11 Å². The molecule has 3 heteroatoms. The van der Waals surface area contributed by atoms with Crippen LogP contribution in [0.1, 0.15) is 32.1 Å². The van der Waals surface area contributed by atoms with Gasteiger partial charge in [-0.2, -0.15) is 0 Å². The maximum absolute atomic E-state index is 9.36. The van der Waals surface area contributed by atoms with Crippen molar-refractivity contribution in [2.75, 3.05) is 33.3 Å². The van der Waals surface area contributed by atoms with E-state index in [1.54, 1.807) is 0 Å². The van der Waals surface area contributed by atoms with Crippen LogP contribution in [0.4, 0.5) is 0 Å². The van der Waals surface area contributed by atoms with Gasteiger partial charge in [0.1, 0.15) is 0 Å². The van der Waals surface area contributed by atoms with Crippen LogP contribution in [0.25, 0.3) is 0 Å². The second-order valence-electron chi connectivity index (χ2n) is 5.47.